The van der Waals surface area contributed by atoms with Crippen molar-refractivity contribution in [2.75, 3.05) is 30.3 Å². The molecule has 0 heterocycles. The Hall–Kier alpha value is -4.28. The predicted octanol–water partition coefficient (Wildman–Crippen LogP) is 6.09. The van der Waals surface area contributed by atoms with E-state index in [0.29, 0.717) is 18.9 Å². The van der Waals surface area contributed by atoms with Gasteiger partial charge in [0, 0.05) is 24.4 Å². The Labute approximate surface area is 276 Å². The molecule has 4 aromatic carbocycles. The maximum atomic E-state index is 14.6. The smallest absolute Gasteiger partial charge is 0.264 e. The Morgan fingerprint density at radius 2 is 1.52 bits per heavy atom. The van der Waals surface area contributed by atoms with E-state index in [4.69, 9.17) is 4.74 Å². The molecule has 4 rings (SSSR count). The van der Waals surface area contributed by atoms with Crippen LogP contribution in [0.2, 0.25) is 0 Å². The van der Waals surface area contributed by atoms with Crippen molar-refractivity contribution in [2.24, 2.45) is 0 Å². The minimum atomic E-state index is -4.25. The number of sulfonamides is 1. The second-order valence-electron chi connectivity index (χ2n) is 10.6. The van der Waals surface area contributed by atoms with Crippen LogP contribution in [0.5, 0.6) is 5.75 Å². The number of nitrogens with one attached hydrogen (secondary N) is 1. The van der Waals surface area contributed by atoms with Crippen LogP contribution in [0.3, 0.4) is 0 Å². The van der Waals surface area contributed by atoms with Crippen molar-refractivity contribution in [3.05, 3.63) is 120 Å². The van der Waals surface area contributed by atoms with E-state index in [9.17, 15) is 18.0 Å². The minimum absolute atomic E-state index is 0.0411. The van der Waals surface area contributed by atoms with Gasteiger partial charge in [0.25, 0.3) is 10.0 Å². The first-order valence-corrected chi connectivity index (χ1v) is 17.9. The Morgan fingerprint density at radius 1 is 0.870 bits per heavy atom. The quantitative estimate of drug-likeness (QED) is 0.155. The number of carbonyl (C=O) groups is 2. The van der Waals surface area contributed by atoms with Crippen LogP contribution in [-0.2, 0) is 32.6 Å². The largest absolute Gasteiger partial charge is 0.492 e. The molecule has 0 aliphatic carbocycles. The fourth-order valence-electron chi connectivity index (χ4n) is 5.15. The third-order valence-corrected chi connectivity index (χ3v) is 10.1. The molecular weight excluding hydrogens is 619 g/mol. The zero-order valence-electron chi connectivity index (χ0n) is 26.7. The zero-order valence-corrected chi connectivity index (χ0v) is 28.3. The van der Waals surface area contributed by atoms with Gasteiger partial charge < -0.3 is 15.0 Å². The average Bonchev–Trinajstić information content (AvgIpc) is 3.07. The molecule has 0 bridgehead atoms. The number of rotatable bonds is 15. The van der Waals surface area contributed by atoms with Crippen molar-refractivity contribution in [1.82, 2.24) is 10.2 Å². The summed E-state index contributed by atoms with van der Waals surface area (Å²) in [5, 5.41) is 2.89. The Morgan fingerprint density at radius 3 is 2.17 bits per heavy atom. The van der Waals surface area contributed by atoms with Crippen LogP contribution in [0.15, 0.2) is 113 Å². The van der Waals surface area contributed by atoms with Crippen LogP contribution in [-0.4, -0.2) is 57.1 Å². The Kier molecular flexibility index (Phi) is 12.3. The molecular formula is C36H41N3O5S2. The lowest BCUT2D eigenvalue weighted by Crippen LogP contribution is -2.53. The van der Waals surface area contributed by atoms with Crippen LogP contribution in [0.4, 0.5) is 5.69 Å². The van der Waals surface area contributed by atoms with E-state index in [-0.39, 0.29) is 29.5 Å². The van der Waals surface area contributed by atoms with E-state index >= 15 is 0 Å². The van der Waals surface area contributed by atoms with Gasteiger partial charge in [0.2, 0.25) is 11.8 Å². The van der Waals surface area contributed by atoms with E-state index in [1.165, 1.54) is 16.7 Å². The number of benzene rings is 4. The number of thioether (sulfide) groups is 1. The molecule has 2 amide bonds. The SMILES string of the molecule is CCNC(=O)[C@@H](Cc1ccccc1)N(Cc1ccccc1C)C(=O)CN(c1ccccc1OCC)S(=O)(=O)c1ccc(SC)cc1. The van der Waals surface area contributed by atoms with Gasteiger partial charge in [-0.2, -0.15) is 0 Å². The van der Waals surface area contributed by atoms with E-state index in [2.05, 4.69) is 5.32 Å². The van der Waals surface area contributed by atoms with Crippen molar-refractivity contribution in [1.29, 1.82) is 0 Å². The fourth-order valence-corrected chi connectivity index (χ4v) is 6.98. The molecule has 0 fully saturated rings. The number of carbonyl (C=O) groups excluding carboxylic acids is 2. The molecule has 0 saturated carbocycles. The highest BCUT2D eigenvalue weighted by atomic mass is 32.2. The number of amides is 2. The number of hydrogen-bond acceptors (Lipinski definition) is 6. The number of aryl methyl sites for hydroxylation is 1. The summed E-state index contributed by atoms with van der Waals surface area (Å²) in [4.78, 5) is 30.8. The summed E-state index contributed by atoms with van der Waals surface area (Å²) in [7, 11) is -4.25. The Bertz CT molecular complexity index is 1710. The number of para-hydroxylation sites is 2. The summed E-state index contributed by atoms with van der Waals surface area (Å²) in [5.74, 6) is -0.506. The number of nitrogens with zero attached hydrogens (tertiary/aromatic N) is 2. The maximum absolute atomic E-state index is 14.6. The summed E-state index contributed by atoms with van der Waals surface area (Å²) in [6, 6.07) is 29.6. The molecule has 8 nitrogen and oxygen atoms in total. The standard InChI is InChI=1S/C36H41N3O5S2/c1-5-37-36(41)33(24-28-15-8-7-9-16-28)38(25-29-17-11-10-14-27(29)3)35(40)26-39(32-18-12-13-19-34(32)44-6-2)46(42,43)31-22-20-30(45-4)21-23-31/h7-23,33H,5-6,24-26H2,1-4H3,(H,37,41)/t33-/m1/s1. The third kappa shape index (κ3) is 8.50. The van der Waals surface area contributed by atoms with Crippen LogP contribution < -0.4 is 14.4 Å². The lowest BCUT2D eigenvalue weighted by atomic mass is 10.0. The van der Waals surface area contributed by atoms with Gasteiger partial charge in [0.05, 0.1) is 17.2 Å². The van der Waals surface area contributed by atoms with E-state index in [0.717, 1.165) is 25.9 Å². The fraction of sp³-hybridized carbons (Fsp3) is 0.278. The average molecular weight is 660 g/mol. The first kappa shape index (κ1) is 34.6. The molecule has 0 radical (unpaired) electrons. The molecule has 1 N–H and O–H groups in total. The molecule has 242 valence electrons. The van der Waals surface area contributed by atoms with Crippen LogP contribution in [0, 0.1) is 6.92 Å². The van der Waals surface area contributed by atoms with Crippen LogP contribution in [0.25, 0.3) is 0 Å². The van der Waals surface area contributed by atoms with Crippen molar-refractivity contribution in [2.45, 2.75) is 49.6 Å². The highest BCUT2D eigenvalue weighted by Crippen LogP contribution is 2.33. The van der Waals surface area contributed by atoms with E-state index in [1.807, 2.05) is 81.6 Å². The summed E-state index contributed by atoms with van der Waals surface area (Å²) < 4.78 is 35.7. The molecule has 46 heavy (non-hydrogen) atoms. The monoisotopic (exact) mass is 659 g/mol. The highest BCUT2D eigenvalue weighted by Gasteiger charge is 2.35. The topological polar surface area (TPSA) is 96.0 Å². The molecule has 0 spiro atoms. The normalized spacial score (nSPS) is 11.8. The summed E-state index contributed by atoms with van der Waals surface area (Å²) >= 11 is 1.50. The highest BCUT2D eigenvalue weighted by molar-refractivity contribution is 7.98. The van der Waals surface area contributed by atoms with E-state index < -0.39 is 28.5 Å². The van der Waals surface area contributed by atoms with Gasteiger partial charge in [-0.3, -0.25) is 13.9 Å². The Balaban J connectivity index is 1.84. The lowest BCUT2D eigenvalue weighted by Gasteiger charge is -2.34. The van der Waals surface area contributed by atoms with Gasteiger partial charge in [0.15, 0.2) is 0 Å². The molecule has 0 aliphatic rings. The van der Waals surface area contributed by atoms with Crippen molar-refractivity contribution < 1.29 is 22.7 Å². The van der Waals surface area contributed by atoms with Gasteiger partial charge >= 0.3 is 0 Å². The van der Waals surface area contributed by atoms with Crippen LogP contribution >= 0.6 is 11.8 Å². The van der Waals surface area contributed by atoms with Crippen LogP contribution in [0.1, 0.15) is 30.5 Å². The molecule has 4 aromatic rings. The summed E-state index contributed by atoms with van der Waals surface area (Å²) in [6.45, 7) is 5.83. The zero-order chi connectivity index (χ0) is 33.1. The molecule has 0 aliphatic heterocycles. The second-order valence-corrected chi connectivity index (χ2v) is 13.4. The summed E-state index contributed by atoms with van der Waals surface area (Å²) in [6.07, 6.45) is 2.17. The van der Waals surface area contributed by atoms with E-state index in [1.54, 1.807) is 48.5 Å². The first-order chi connectivity index (χ1) is 22.2. The third-order valence-electron chi connectivity index (χ3n) is 7.58. The number of hydrogen-bond donors (Lipinski definition) is 1. The lowest BCUT2D eigenvalue weighted by molar-refractivity contribution is -0.140. The maximum Gasteiger partial charge on any atom is 0.264 e. The van der Waals surface area contributed by atoms with Crippen molar-refractivity contribution in [3.8, 4) is 5.75 Å². The van der Waals surface area contributed by atoms with Gasteiger partial charge in [-0.15, -0.1) is 11.8 Å². The van der Waals surface area contributed by atoms with Crippen molar-refractivity contribution >= 4 is 39.3 Å². The molecule has 0 aromatic heterocycles. The molecule has 10 heteroatoms. The van der Waals surface area contributed by atoms with Gasteiger partial charge in [-0.05, 0) is 80.1 Å². The van der Waals surface area contributed by atoms with Gasteiger partial charge in [0.1, 0.15) is 18.3 Å². The molecule has 0 unspecified atom stereocenters. The van der Waals surface area contributed by atoms with Gasteiger partial charge in [-0.1, -0.05) is 66.7 Å². The molecule has 1 atom stereocenters. The first-order valence-electron chi connectivity index (χ1n) is 15.2. The second kappa shape index (κ2) is 16.3. The van der Waals surface area contributed by atoms with Gasteiger partial charge in [-0.25, -0.2) is 8.42 Å². The number of ether oxygens (including phenoxy) is 1. The molecule has 0 saturated heterocycles. The number of anilines is 1. The minimum Gasteiger partial charge on any atom is -0.492 e. The predicted molar refractivity (Wildman–Crippen MR) is 185 cm³/mol. The number of likely N-dealkylation sites (N-methyl/N-ethyl adjacent to an activating group) is 1. The van der Waals surface area contributed by atoms with Crippen molar-refractivity contribution in [3.63, 3.8) is 0 Å². The summed E-state index contributed by atoms with van der Waals surface area (Å²) in [5.41, 5.74) is 2.92.